The van der Waals surface area contributed by atoms with Crippen LogP contribution in [-0.4, -0.2) is 73.9 Å². The zero-order valence-corrected chi connectivity index (χ0v) is 21.4. The van der Waals surface area contributed by atoms with Crippen LogP contribution >= 0.6 is 11.3 Å². The Bertz CT molecular complexity index is 1280. The summed E-state index contributed by atoms with van der Waals surface area (Å²) in [6.07, 6.45) is 10.8. The Morgan fingerprint density at radius 3 is 2.72 bits per heavy atom. The Kier molecular flexibility index (Phi) is 5.34. The van der Waals surface area contributed by atoms with Crippen LogP contribution in [0.3, 0.4) is 0 Å². The molecule has 4 bridgehead atoms. The van der Waals surface area contributed by atoms with Crippen molar-refractivity contribution in [2.75, 3.05) is 25.5 Å². The fraction of sp³-hybridized carbons (Fsp3) is 0.615. The van der Waals surface area contributed by atoms with Gasteiger partial charge >= 0.3 is 0 Å². The van der Waals surface area contributed by atoms with Crippen LogP contribution in [0.25, 0.3) is 21.6 Å². The molecule has 1 amide bonds. The summed E-state index contributed by atoms with van der Waals surface area (Å²) in [6.45, 7) is 1.98. The molecular formula is C26H33N7O2S. The average Bonchev–Trinajstić information content (AvgIpc) is 3.52. The topological polar surface area (TPSA) is 119 Å². The Morgan fingerprint density at radius 2 is 1.97 bits per heavy atom. The van der Waals surface area contributed by atoms with Gasteiger partial charge < -0.3 is 25.6 Å². The minimum atomic E-state index is -0.464. The Morgan fingerprint density at radius 1 is 1.19 bits per heavy atom. The number of piperidine rings is 1. The molecule has 4 N–H and O–H groups in total. The SMILES string of the molecule is CN1CCC(NC(=O)c2nnc(-c3cnc4[nH]ccc4c3NC3[C@@H]4CC5C[C@H]3CC(O)(C5)C4)s2)CC1. The normalized spacial score (nSPS) is 32.3. The largest absolute Gasteiger partial charge is 0.390 e. The highest BCUT2D eigenvalue weighted by Gasteiger charge is 2.54. The second kappa shape index (κ2) is 8.49. The predicted octanol–water partition coefficient (Wildman–Crippen LogP) is 3.26. The lowest BCUT2D eigenvalue weighted by Crippen LogP contribution is -2.59. The van der Waals surface area contributed by atoms with E-state index in [1.165, 1.54) is 24.2 Å². The Hall–Kier alpha value is -2.56. The lowest BCUT2D eigenvalue weighted by Gasteiger charge is -2.58. The van der Waals surface area contributed by atoms with Gasteiger partial charge in [-0.2, -0.15) is 0 Å². The van der Waals surface area contributed by atoms with Gasteiger partial charge in [-0.1, -0.05) is 11.3 Å². The number of rotatable bonds is 5. The third kappa shape index (κ3) is 3.90. The van der Waals surface area contributed by atoms with Crippen LogP contribution in [-0.2, 0) is 0 Å². The van der Waals surface area contributed by atoms with E-state index in [2.05, 4.69) is 42.7 Å². The van der Waals surface area contributed by atoms with Gasteiger partial charge in [0.25, 0.3) is 5.91 Å². The van der Waals surface area contributed by atoms with Crippen molar-refractivity contribution in [3.63, 3.8) is 0 Å². The molecule has 5 fully saturated rings. The molecule has 1 aliphatic heterocycles. The van der Waals surface area contributed by atoms with E-state index in [-0.39, 0.29) is 11.9 Å². The minimum absolute atomic E-state index is 0.146. The highest BCUT2D eigenvalue weighted by atomic mass is 32.1. The molecule has 0 aromatic carbocycles. The molecule has 5 atom stereocenters. The molecule has 3 aromatic rings. The number of aromatic amines is 1. The maximum absolute atomic E-state index is 12.9. The first kappa shape index (κ1) is 22.6. The maximum Gasteiger partial charge on any atom is 0.282 e. The fourth-order valence-corrected chi connectivity index (χ4v) is 8.30. The second-order valence-electron chi connectivity index (χ2n) is 11.6. The van der Waals surface area contributed by atoms with Crippen molar-refractivity contribution >= 4 is 34.0 Å². The lowest BCUT2D eigenvalue weighted by molar-refractivity contribution is -0.129. The molecule has 5 aliphatic rings. The van der Waals surface area contributed by atoms with E-state index in [9.17, 15) is 9.90 Å². The van der Waals surface area contributed by atoms with E-state index in [1.54, 1.807) is 0 Å². The molecule has 1 saturated heterocycles. The fourth-order valence-electron chi connectivity index (χ4n) is 7.53. The molecule has 9 nitrogen and oxygen atoms in total. The summed E-state index contributed by atoms with van der Waals surface area (Å²) in [5.41, 5.74) is 2.25. The zero-order valence-electron chi connectivity index (χ0n) is 20.5. The van der Waals surface area contributed by atoms with Crippen molar-refractivity contribution in [3.05, 3.63) is 23.5 Å². The van der Waals surface area contributed by atoms with Crippen LogP contribution < -0.4 is 10.6 Å². The van der Waals surface area contributed by atoms with E-state index in [0.717, 1.165) is 67.5 Å². The highest BCUT2D eigenvalue weighted by molar-refractivity contribution is 7.16. The van der Waals surface area contributed by atoms with Gasteiger partial charge in [0, 0.05) is 29.9 Å². The first-order valence-corrected chi connectivity index (χ1v) is 14.0. The van der Waals surface area contributed by atoms with Gasteiger partial charge in [-0.15, -0.1) is 10.2 Å². The van der Waals surface area contributed by atoms with E-state index < -0.39 is 5.60 Å². The van der Waals surface area contributed by atoms with Crippen molar-refractivity contribution in [2.24, 2.45) is 17.8 Å². The van der Waals surface area contributed by atoms with Gasteiger partial charge in [0.1, 0.15) is 5.65 Å². The van der Waals surface area contributed by atoms with Crippen molar-refractivity contribution in [2.45, 2.75) is 62.6 Å². The number of fused-ring (bicyclic) bond motifs is 1. The smallest absolute Gasteiger partial charge is 0.282 e. The lowest BCUT2D eigenvalue weighted by atomic mass is 9.52. The van der Waals surface area contributed by atoms with Crippen LogP contribution in [0.5, 0.6) is 0 Å². The number of H-pyrrole nitrogens is 1. The molecule has 10 heteroatoms. The number of carbonyl (C=O) groups excluding carboxylic acids is 1. The molecule has 8 rings (SSSR count). The van der Waals surface area contributed by atoms with Gasteiger partial charge in [0.15, 0.2) is 5.01 Å². The van der Waals surface area contributed by atoms with E-state index in [4.69, 9.17) is 0 Å². The molecule has 4 aliphatic carbocycles. The number of aromatic nitrogens is 4. The first-order chi connectivity index (χ1) is 17.4. The average molecular weight is 508 g/mol. The van der Waals surface area contributed by atoms with Crippen LogP contribution in [0, 0.1) is 17.8 Å². The summed E-state index contributed by atoms with van der Waals surface area (Å²) in [6, 6.07) is 2.55. The van der Waals surface area contributed by atoms with Crippen LogP contribution in [0.2, 0.25) is 0 Å². The summed E-state index contributed by atoms with van der Waals surface area (Å²) in [5.74, 6) is 1.46. The van der Waals surface area contributed by atoms with Crippen molar-refractivity contribution in [1.29, 1.82) is 0 Å². The molecule has 3 aromatic heterocycles. The summed E-state index contributed by atoms with van der Waals surface area (Å²) < 4.78 is 0. The quantitative estimate of drug-likeness (QED) is 0.419. The molecule has 4 heterocycles. The standard InChI is InChI=1S/C26H33N7O2S/c1-33-6-3-17(4-7-33)29-23(34)25-32-31-24(36-25)19-13-28-22-18(2-5-27-22)21(19)30-20-15-8-14-9-16(20)12-26(35,10-14)11-15/h2,5,13-17,20,35H,3-4,6-12H2,1H3,(H,29,34)(H2,27,28,30)/t14?,15-,16+,20?,26?. The first-order valence-electron chi connectivity index (χ1n) is 13.2. The number of amides is 1. The molecular weight excluding hydrogens is 474 g/mol. The van der Waals surface area contributed by atoms with Crippen LogP contribution in [0.15, 0.2) is 18.5 Å². The molecule has 4 saturated carbocycles. The minimum Gasteiger partial charge on any atom is -0.390 e. The number of likely N-dealkylation sites (tertiary alicyclic amines) is 1. The summed E-state index contributed by atoms with van der Waals surface area (Å²) in [7, 11) is 2.11. The molecule has 0 spiro atoms. The monoisotopic (exact) mass is 507 g/mol. The van der Waals surface area contributed by atoms with E-state index in [0.29, 0.717) is 33.8 Å². The molecule has 190 valence electrons. The van der Waals surface area contributed by atoms with Gasteiger partial charge in [0.2, 0.25) is 5.01 Å². The van der Waals surface area contributed by atoms with Crippen molar-refractivity contribution in [1.82, 2.24) is 30.4 Å². The number of hydrogen-bond donors (Lipinski definition) is 4. The van der Waals surface area contributed by atoms with Gasteiger partial charge in [-0.3, -0.25) is 4.79 Å². The van der Waals surface area contributed by atoms with Crippen molar-refractivity contribution in [3.8, 4) is 10.6 Å². The van der Waals surface area contributed by atoms with Crippen LogP contribution in [0.1, 0.15) is 54.7 Å². The third-order valence-electron chi connectivity index (χ3n) is 9.04. The van der Waals surface area contributed by atoms with Gasteiger partial charge in [-0.05, 0) is 88.9 Å². The van der Waals surface area contributed by atoms with Crippen molar-refractivity contribution < 1.29 is 9.90 Å². The summed E-state index contributed by atoms with van der Waals surface area (Å²) in [4.78, 5) is 23.1. The number of carbonyl (C=O) groups is 1. The third-order valence-corrected chi connectivity index (χ3v) is 10.00. The number of pyridine rings is 1. The molecule has 0 radical (unpaired) electrons. The second-order valence-corrected chi connectivity index (χ2v) is 12.6. The van der Waals surface area contributed by atoms with E-state index in [1.807, 2.05) is 18.5 Å². The van der Waals surface area contributed by atoms with Gasteiger partial charge in [-0.25, -0.2) is 4.98 Å². The number of nitrogens with zero attached hydrogens (tertiary/aromatic N) is 4. The Balaban J connectivity index is 1.17. The summed E-state index contributed by atoms with van der Waals surface area (Å²) in [5, 5.41) is 28.9. The zero-order chi connectivity index (χ0) is 24.4. The van der Waals surface area contributed by atoms with E-state index >= 15 is 0 Å². The summed E-state index contributed by atoms with van der Waals surface area (Å²) >= 11 is 1.32. The number of nitrogens with one attached hydrogen (secondary N) is 3. The maximum atomic E-state index is 12.9. The van der Waals surface area contributed by atoms with Gasteiger partial charge in [0.05, 0.1) is 16.9 Å². The highest BCUT2D eigenvalue weighted by Crippen LogP contribution is 2.56. The Labute approximate surface area is 214 Å². The molecule has 3 unspecified atom stereocenters. The van der Waals surface area contributed by atoms with Crippen LogP contribution in [0.4, 0.5) is 5.69 Å². The predicted molar refractivity (Wildman–Crippen MR) is 139 cm³/mol. The number of anilines is 1. The molecule has 36 heavy (non-hydrogen) atoms. The number of aliphatic hydroxyl groups is 1. The number of hydrogen-bond acceptors (Lipinski definition) is 8.